The van der Waals surface area contributed by atoms with Crippen molar-refractivity contribution in [3.63, 3.8) is 0 Å². The van der Waals surface area contributed by atoms with Crippen molar-refractivity contribution in [3.05, 3.63) is 211 Å². The highest BCUT2D eigenvalue weighted by atomic mass is 15.0. The minimum atomic E-state index is 1.18. The van der Waals surface area contributed by atoms with Crippen LogP contribution in [0.15, 0.2) is 194 Å². The Morgan fingerprint density at radius 2 is 0.840 bits per heavy atom. The van der Waals surface area contributed by atoms with Crippen molar-refractivity contribution in [1.29, 1.82) is 0 Å². The van der Waals surface area contributed by atoms with Crippen molar-refractivity contribution < 1.29 is 0 Å². The van der Waals surface area contributed by atoms with Crippen molar-refractivity contribution in [2.24, 2.45) is 0 Å². The Hall–Kier alpha value is -6.18. The topological polar surface area (TPSA) is 4.93 Å². The molecule has 0 amide bonds. The van der Waals surface area contributed by atoms with Crippen LogP contribution >= 0.6 is 0 Å². The lowest BCUT2D eigenvalue weighted by Crippen LogP contribution is -1.92. The third-order valence-electron chi connectivity index (χ3n) is 9.22. The van der Waals surface area contributed by atoms with Crippen molar-refractivity contribution in [1.82, 2.24) is 4.57 Å². The number of benzene rings is 8. The maximum absolute atomic E-state index is 2.36. The Balaban J connectivity index is 0.000000233. The van der Waals surface area contributed by atoms with Crippen LogP contribution in [0.5, 0.6) is 0 Å². The molecule has 8 aromatic carbocycles. The van der Waals surface area contributed by atoms with Crippen LogP contribution in [-0.4, -0.2) is 4.57 Å². The summed E-state index contributed by atoms with van der Waals surface area (Å²) in [4.78, 5) is 0. The third-order valence-corrected chi connectivity index (χ3v) is 9.22. The van der Waals surface area contributed by atoms with Gasteiger partial charge in [0.1, 0.15) is 0 Å². The molecule has 0 radical (unpaired) electrons. The molecule has 0 N–H and O–H groups in total. The number of hydrogen-bond donors (Lipinski definition) is 0. The lowest BCUT2D eigenvalue weighted by Gasteiger charge is -2.11. The van der Waals surface area contributed by atoms with E-state index in [4.69, 9.17) is 0 Å². The molecule has 1 heteroatoms. The van der Waals surface area contributed by atoms with Crippen molar-refractivity contribution >= 4 is 32.6 Å². The summed E-state index contributed by atoms with van der Waals surface area (Å²) in [5.74, 6) is 0. The molecule has 0 saturated carbocycles. The molecule has 9 aromatic rings. The molecule has 0 spiro atoms. The molecule has 9 rings (SSSR count). The maximum Gasteiger partial charge on any atom is 0.0541 e. The molecule has 50 heavy (non-hydrogen) atoms. The van der Waals surface area contributed by atoms with Crippen molar-refractivity contribution in [3.8, 4) is 27.9 Å². The highest BCUT2D eigenvalue weighted by Gasteiger charge is 2.13. The molecular weight excluding hydrogens is 603 g/mol. The number of fused-ring (bicyclic) bond motifs is 4. The van der Waals surface area contributed by atoms with E-state index in [0.717, 1.165) is 0 Å². The van der Waals surface area contributed by atoms with Gasteiger partial charge in [0, 0.05) is 16.5 Å². The number of hydrogen-bond acceptors (Lipinski definition) is 0. The Morgan fingerprint density at radius 3 is 1.48 bits per heavy atom. The van der Waals surface area contributed by atoms with E-state index in [-0.39, 0.29) is 0 Å². The number of rotatable bonds is 3. The van der Waals surface area contributed by atoms with Gasteiger partial charge in [0.15, 0.2) is 0 Å². The summed E-state index contributed by atoms with van der Waals surface area (Å²) in [6, 6.07) is 68.9. The first-order valence-electron chi connectivity index (χ1n) is 17.3. The van der Waals surface area contributed by atoms with E-state index in [9.17, 15) is 0 Å². The van der Waals surface area contributed by atoms with Crippen LogP contribution in [0.1, 0.15) is 16.7 Å². The summed E-state index contributed by atoms with van der Waals surface area (Å²) in [7, 11) is 0. The average Bonchev–Trinajstić information content (AvgIpc) is 3.50. The minimum absolute atomic E-state index is 1.18. The molecule has 0 unspecified atom stereocenters. The quantitative estimate of drug-likeness (QED) is 0.181. The lowest BCUT2D eigenvalue weighted by molar-refractivity contribution is 1.18. The fourth-order valence-electron chi connectivity index (χ4n) is 6.64. The number of aryl methyl sites for hydroxylation is 3. The first-order valence-corrected chi connectivity index (χ1v) is 17.3. The van der Waals surface area contributed by atoms with Gasteiger partial charge in [-0.2, -0.15) is 0 Å². The summed E-state index contributed by atoms with van der Waals surface area (Å²) in [6.07, 6.45) is 0. The molecular formula is C49H41N. The van der Waals surface area contributed by atoms with E-state index in [1.165, 1.54) is 77.2 Å². The van der Waals surface area contributed by atoms with E-state index in [2.05, 4.69) is 183 Å². The van der Waals surface area contributed by atoms with Gasteiger partial charge in [0.05, 0.1) is 11.0 Å². The second-order valence-electron chi connectivity index (χ2n) is 12.8. The van der Waals surface area contributed by atoms with Crippen LogP contribution in [0.2, 0.25) is 0 Å². The number of aromatic nitrogens is 1. The van der Waals surface area contributed by atoms with E-state index in [1.807, 2.05) is 36.4 Å². The zero-order valence-corrected chi connectivity index (χ0v) is 28.9. The lowest BCUT2D eigenvalue weighted by atomic mass is 9.93. The van der Waals surface area contributed by atoms with E-state index in [1.54, 1.807) is 0 Å². The standard InChI is InChI=1S/C35H25N.2C7H8/c1-24-18-20-30(31-15-6-5-14-29(24)31)27-11-9-10-25(22-27)26-19-21-35-33(23-26)32-16-7-8-17-34(32)36(35)28-12-3-2-4-13-28;2*1-7-5-3-2-4-6-7/h2-23H,1H3;2*2-6H,1H3. The molecule has 0 bridgehead atoms. The monoisotopic (exact) mass is 643 g/mol. The molecule has 0 aliphatic carbocycles. The van der Waals surface area contributed by atoms with Crippen molar-refractivity contribution in [2.45, 2.75) is 20.8 Å². The zero-order valence-electron chi connectivity index (χ0n) is 28.9. The van der Waals surface area contributed by atoms with Crippen LogP contribution in [-0.2, 0) is 0 Å². The van der Waals surface area contributed by atoms with Gasteiger partial charge in [-0.15, -0.1) is 0 Å². The predicted molar refractivity (Wildman–Crippen MR) is 216 cm³/mol. The first-order chi connectivity index (χ1) is 24.6. The summed E-state index contributed by atoms with van der Waals surface area (Å²) in [5.41, 5.74) is 12.6. The van der Waals surface area contributed by atoms with Crippen LogP contribution in [0.25, 0.3) is 60.5 Å². The fraction of sp³-hybridized carbons (Fsp3) is 0.0612. The molecule has 1 nitrogen and oxygen atoms in total. The zero-order chi connectivity index (χ0) is 34.3. The van der Waals surface area contributed by atoms with E-state index >= 15 is 0 Å². The Morgan fingerprint density at radius 1 is 0.320 bits per heavy atom. The predicted octanol–water partition coefficient (Wildman–Crippen LogP) is 13.6. The third kappa shape index (κ3) is 6.99. The molecule has 242 valence electrons. The number of nitrogens with zero attached hydrogens (tertiary/aromatic N) is 1. The van der Waals surface area contributed by atoms with Crippen LogP contribution in [0.3, 0.4) is 0 Å². The molecule has 0 saturated heterocycles. The van der Waals surface area contributed by atoms with Gasteiger partial charge in [0.25, 0.3) is 0 Å². The number of para-hydroxylation sites is 2. The summed E-state index contributed by atoms with van der Waals surface area (Å²) in [6.45, 7) is 6.35. The van der Waals surface area contributed by atoms with Gasteiger partial charge in [-0.25, -0.2) is 0 Å². The molecule has 0 aliphatic heterocycles. The van der Waals surface area contributed by atoms with Crippen LogP contribution < -0.4 is 0 Å². The molecule has 0 aliphatic rings. The van der Waals surface area contributed by atoms with Gasteiger partial charge in [0.2, 0.25) is 0 Å². The smallest absolute Gasteiger partial charge is 0.0541 e. The average molecular weight is 644 g/mol. The fourth-order valence-corrected chi connectivity index (χ4v) is 6.64. The van der Waals surface area contributed by atoms with Gasteiger partial charge < -0.3 is 4.57 Å². The van der Waals surface area contributed by atoms with E-state index < -0.39 is 0 Å². The summed E-state index contributed by atoms with van der Waals surface area (Å²) >= 11 is 0. The molecule has 1 aromatic heterocycles. The molecule has 0 fully saturated rings. The second-order valence-corrected chi connectivity index (χ2v) is 12.8. The van der Waals surface area contributed by atoms with Crippen molar-refractivity contribution in [2.75, 3.05) is 0 Å². The molecule has 0 atom stereocenters. The summed E-state index contributed by atoms with van der Waals surface area (Å²) < 4.78 is 2.36. The first kappa shape index (κ1) is 32.4. The normalized spacial score (nSPS) is 10.7. The SMILES string of the molecule is Cc1ccc(-c2cccc(-c3ccc4c(c3)c3ccccc3n4-c3ccccc3)c2)c2ccccc12.Cc1ccccc1.Cc1ccccc1. The van der Waals surface area contributed by atoms with Gasteiger partial charge in [-0.05, 0) is 95.8 Å². The summed E-state index contributed by atoms with van der Waals surface area (Å²) in [5, 5.41) is 5.17. The Kier molecular flexibility index (Phi) is 9.67. The van der Waals surface area contributed by atoms with Gasteiger partial charge in [-0.3, -0.25) is 0 Å². The van der Waals surface area contributed by atoms with Crippen LogP contribution in [0.4, 0.5) is 0 Å². The molecule has 1 heterocycles. The van der Waals surface area contributed by atoms with Gasteiger partial charge in [-0.1, -0.05) is 169 Å². The van der Waals surface area contributed by atoms with E-state index in [0.29, 0.717) is 0 Å². The Bertz CT molecular complexity index is 2450. The minimum Gasteiger partial charge on any atom is -0.309 e. The largest absolute Gasteiger partial charge is 0.309 e. The second kappa shape index (κ2) is 14.9. The highest BCUT2D eigenvalue weighted by Crippen LogP contribution is 2.37. The van der Waals surface area contributed by atoms with Crippen LogP contribution in [0, 0.1) is 20.8 Å². The highest BCUT2D eigenvalue weighted by molar-refractivity contribution is 6.10. The maximum atomic E-state index is 2.36. The Labute approximate surface area is 295 Å². The van der Waals surface area contributed by atoms with Gasteiger partial charge >= 0.3 is 0 Å².